The molecule has 1 N–H and O–H groups in total. The third-order valence-corrected chi connectivity index (χ3v) is 4.68. The van der Waals surface area contributed by atoms with Gasteiger partial charge in [0.2, 0.25) is 0 Å². The Balaban J connectivity index is 1.81. The summed E-state index contributed by atoms with van der Waals surface area (Å²) in [5.41, 5.74) is 0. The van der Waals surface area contributed by atoms with Gasteiger partial charge in [0, 0.05) is 20.3 Å². The van der Waals surface area contributed by atoms with Crippen LogP contribution in [-0.4, -0.2) is 37.6 Å². The molecule has 0 aromatic heterocycles. The molecule has 2 atom stereocenters. The molecule has 3 heteroatoms. The summed E-state index contributed by atoms with van der Waals surface area (Å²) in [4.78, 5) is 0. The van der Waals surface area contributed by atoms with Crippen molar-refractivity contribution in [3.63, 3.8) is 0 Å². The lowest BCUT2D eigenvalue weighted by Crippen LogP contribution is -2.38. The molecule has 1 heterocycles. The Kier molecular flexibility index (Phi) is 5.93. The average Bonchev–Trinajstić information content (AvgIpc) is 2.42. The predicted molar refractivity (Wildman–Crippen MR) is 71.5 cm³/mol. The van der Waals surface area contributed by atoms with Gasteiger partial charge in [-0.25, -0.2) is 0 Å². The summed E-state index contributed by atoms with van der Waals surface area (Å²) in [5, 5.41) is 10.4. The van der Waals surface area contributed by atoms with Crippen molar-refractivity contribution < 1.29 is 14.6 Å². The van der Waals surface area contributed by atoms with E-state index in [9.17, 15) is 5.11 Å². The number of rotatable bonds is 5. The fourth-order valence-electron chi connectivity index (χ4n) is 3.58. The van der Waals surface area contributed by atoms with Gasteiger partial charge in [0.25, 0.3) is 0 Å². The highest BCUT2D eigenvalue weighted by Crippen LogP contribution is 2.32. The zero-order chi connectivity index (χ0) is 12.8. The van der Waals surface area contributed by atoms with Gasteiger partial charge in [-0.05, 0) is 43.9 Å². The topological polar surface area (TPSA) is 38.7 Å². The molecule has 0 radical (unpaired) electrons. The predicted octanol–water partition coefficient (Wildman–Crippen LogP) is 2.76. The second kappa shape index (κ2) is 7.46. The summed E-state index contributed by atoms with van der Waals surface area (Å²) in [6.07, 6.45) is 9.24. The second-order valence-corrected chi connectivity index (χ2v) is 5.96. The van der Waals surface area contributed by atoms with Crippen LogP contribution in [0.1, 0.15) is 51.4 Å². The SMILES string of the molecule is COC(C(O)CC1CCOCC1)C1CCCCC1. The number of aliphatic hydroxyl groups excluding tert-OH is 1. The Bertz CT molecular complexity index is 220. The number of methoxy groups -OCH3 is 1. The van der Waals surface area contributed by atoms with Gasteiger partial charge in [0.05, 0.1) is 12.2 Å². The van der Waals surface area contributed by atoms with Gasteiger partial charge >= 0.3 is 0 Å². The molecule has 1 saturated heterocycles. The summed E-state index contributed by atoms with van der Waals surface area (Å²) in [6, 6.07) is 0. The van der Waals surface area contributed by atoms with E-state index in [1.54, 1.807) is 7.11 Å². The lowest BCUT2D eigenvalue weighted by atomic mass is 9.80. The number of aliphatic hydroxyl groups is 1. The molecule has 2 rings (SSSR count). The van der Waals surface area contributed by atoms with Crippen LogP contribution in [0.5, 0.6) is 0 Å². The molecule has 0 aromatic carbocycles. The van der Waals surface area contributed by atoms with Gasteiger partial charge in [0.15, 0.2) is 0 Å². The first kappa shape index (κ1) is 14.3. The minimum atomic E-state index is -0.291. The summed E-state index contributed by atoms with van der Waals surface area (Å²) in [5.74, 6) is 1.19. The van der Waals surface area contributed by atoms with Crippen molar-refractivity contribution in [2.45, 2.75) is 63.6 Å². The molecule has 2 unspecified atom stereocenters. The molecule has 2 aliphatic rings. The van der Waals surface area contributed by atoms with E-state index in [0.717, 1.165) is 32.5 Å². The first-order valence-corrected chi connectivity index (χ1v) is 7.60. The van der Waals surface area contributed by atoms with E-state index < -0.39 is 0 Å². The van der Waals surface area contributed by atoms with Crippen LogP contribution in [0.15, 0.2) is 0 Å². The van der Waals surface area contributed by atoms with Gasteiger partial charge in [-0.15, -0.1) is 0 Å². The number of ether oxygens (including phenoxy) is 2. The highest BCUT2D eigenvalue weighted by atomic mass is 16.5. The van der Waals surface area contributed by atoms with Gasteiger partial charge in [-0.3, -0.25) is 0 Å². The van der Waals surface area contributed by atoms with E-state index in [1.807, 2.05) is 0 Å². The molecule has 18 heavy (non-hydrogen) atoms. The molecule has 0 aromatic rings. The maximum Gasteiger partial charge on any atom is 0.0858 e. The van der Waals surface area contributed by atoms with Gasteiger partial charge < -0.3 is 14.6 Å². The smallest absolute Gasteiger partial charge is 0.0858 e. The minimum Gasteiger partial charge on any atom is -0.390 e. The molecule has 106 valence electrons. The lowest BCUT2D eigenvalue weighted by Gasteiger charge is -2.34. The van der Waals surface area contributed by atoms with Crippen LogP contribution in [0.3, 0.4) is 0 Å². The van der Waals surface area contributed by atoms with Gasteiger partial charge in [-0.2, -0.15) is 0 Å². The Hall–Kier alpha value is -0.120. The standard InChI is InChI=1S/C15H28O3/c1-17-15(13-5-3-2-4-6-13)14(16)11-12-7-9-18-10-8-12/h12-16H,2-11H2,1H3. The van der Waals surface area contributed by atoms with Crippen LogP contribution in [-0.2, 0) is 9.47 Å². The van der Waals surface area contributed by atoms with E-state index in [-0.39, 0.29) is 12.2 Å². The number of hydrogen-bond donors (Lipinski definition) is 1. The zero-order valence-electron chi connectivity index (χ0n) is 11.6. The molecule has 0 spiro atoms. The fraction of sp³-hybridized carbons (Fsp3) is 1.00. The van der Waals surface area contributed by atoms with Crippen molar-refractivity contribution in [3.05, 3.63) is 0 Å². The van der Waals surface area contributed by atoms with Crippen molar-refractivity contribution in [3.8, 4) is 0 Å². The Morgan fingerprint density at radius 3 is 2.39 bits per heavy atom. The molecule has 2 fully saturated rings. The third-order valence-electron chi connectivity index (χ3n) is 4.68. The van der Waals surface area contributed by atoms with Crippen LogP contribution in [0.4, 0.5) is 0 Å². The second-order valence-electron chi connectivity index (χ2n) is 5.96. The molecule has 0 bridgehead atoms. The third kappa shape index (κ3) is 3.94. The van der Waals surface area contributed by atoms with E-state index in [2.05, 4.69) is 0 Å². The summed E-state index contributed by atoms with van der Waals surface area (Å²) < 4.78 is 11.0. The molecular formula is C15H28O3. The summed E-state index contributed by atoms with van der Waals surface area (Å²) in [6.45, 7) is 1.72. The minimum absolute atomic E-state index is 0.0492. The largest absolute Gasteiger partial charge is 0.390 e. The van der Waals surface area contributed by atoms with E-state index in [0.29, 0.717) is 11.8 Å². The van der Waals surface area contributed by atoms with Gasteiger partial charge in [0.1, 0.15) is 0 Å². The van der Waals surface area contributed by atoms with Crippen molar-refractivity contribution in [2.24, 2.45) is 11.8 Å². The maximum absolute atomic E-state index is 10.4. The molecule has 0 amide bonds. The lowest BCUT2D eigenvalue weighted by molar-refractivity contribution is -0.0685. The summed E-state index contributed by atoms with van der Waals surface area (Å²) in [7, 11) is 1.76. The van der Waals surface area contributed by atoms with Crippen molar-refractivity contribution in [2.75, 3.05) is 20.3 Å². The van der Waals surface area contributed by atoms with Crippen LogP contribution in [0.25, 0.3) is 0 Å². The first-order valence-electron chi connectivity index (χ1n) is 7.60. The normalized spacial score (nSPS) is 27.0. The van der Waals surface area contributed by atoms with E-state index >= 15 is 0 Å². The van der Waals surface area contributed by atoms with Crippen LogP contribution < -0.4 is 0 Å². The van der Waals surface area contributed by atoms with Gasteiger partial charge in [-0.1, -0.05) is 19.3 Å². The quantitative estimate of drug-likeness (QED) is 0.822. The monoisotopic (exact) mass is 256 g/mol. The van der Waals surface area contributed by atoms with E-state index in [4.69, 9.17) is 9.47 Å². The van der Waals surface area contributed by atoms with Crippen molar-refractivity contribution in [1.29, 1.82) is 0 Å². The molecule has 1 aliphatic heterocycles. The first-order chi connectivity index (χ1) is 8.81. The Labute approximate surface area is 111 Å². The van der Waals surface area contributed by atoms with Crippen LogP contribution in [0, 0.1) is 11.8 Å². The molecule has 3 nitrogen and oxygen atoms in total. The fourth-order valence-corrected chi connectivity index (χ4v) is 3.58. The zero-order valence-corrected chi connectivity index (χ0v) is 11.6. The van der Waals surface area contributed by atoms with E-state index in [1.165, 1.54) is 32.1 Å². The molecule has 1 saturated carbocycles. The van der Waals surface area contributed by atoms with Crippen molar-refractivity contribution in [1.82, 2.24) is 0 Å². The van der Waals surface area contributed by atoms with Crippen LogP contribution >= 0.6 is 0 Å². The Morgan fingerprint density at radius 2 is 1.78 bits per heavy atom. The van der Waals surface area contributed by atoms with Crippen molar-refractivity contribution >= 4 is 0 Å². The highest BCUT2D eigenvalue weighted by Gasteiger charge is 2.31. The maximum atomic E-state index is 10.4. The highest BCUT2D eigenvalue weighted by molar-refractivity contribution is 4.82. The Morgan fingerprint density at radius 1 is 1.11 bits per heavy atom. The molecular weight excluding hydrogens is 228 g/mol. The number of hydrogen-bond acceptors (Lipinski definition) is 3. The van der Waals surface area contributed by atoms with Crippen LogP contribution in [0.2, 0.25) is 0 Å². The molecule has 1 aliphatic carbocycles. The summed E-state index contributed by atoms with van der Waals surface area (Å²) >= 11 is 0. The average molecular weight is 256 g/mol.